The molecule has 3 heteroatoms. The Kier molecular flexibility index (Phi) is 3.03. The van der Waals surface area contributed by atoms with E-state index in [1.165, 1.54) is 6.07 Å². The molecule has 2 N–H and O–H groups in total. The smallest absolute Gasteiger partial charge is 0.255 e. The summed E-state index contributed by atoms with van der Waals surface area (Å²) in [7, 11) is 0. The van der Waals surface area contributed by atoms with Gasteiger partial charge in [-0.25, -0.2) is 0 Å². The molecule has 0 spiro atoms. The zero-order chi connectivity index (χ0) is 11.6. The van der Waals surface area contributed by atoms with Crippen molar-refractivity contribution in [1.82, 2.24) is 5.32 Å². The fraction of sp³-hybridized carbons (Fsp3) is 0.417. The summed E-state index contributed by atoms with van der Waals surface area (Å²) >= 11 is 0. The molecule has 0 unspecified atom stereocenters. The van der Waals surface area contributed by atoms with E-state index in [2.05, 4.69) is 5.32 Å². The van der Waals surface area contributed by atoms with Crippen LogP contribution in [0.2, 0.25) is 0 Å². The molecule has 1 amide bonds. The van der Waals surface area contributed by atoms with Gasteiger partial charge < -0.3 is 10.4 Å². The summed E-state index contributed by atoms with van der Waals surface area (Å²) in [5.74, 6) is -0.231. The van der Waals surface area contributed by atoms with Gasteiger partial charge in [-0.05, 0) is 39.8 Å². The molecule has 0 fully saturated rings. The van der Waals surface area contributed by atoms with E-state index in [0.717, 1.165) is 5.56 Å². The first-order valence-corrected chi connectivity index (χ1v) is 4.92. The van der Waals surface area contributed by atoms with Gasteiger partial charge in [0.2, 0.25) is 0 Å². The lowest BCUT2D eigenvalue weighted by atomic mass is 10.1. The number of hydrogen-bond acceptors (Lipinski definition) is 2. The third-order valence-corrected chi connectivity index (χ3v) is 1.89. The van der Waals surface area contributed by atoms with Crippen LogP contribution in [0, 0.1) is 6.92 Å². The minimum Gasteiger partial charge on any atom is -0.507 e. The quantitative estimate of drug-likeness (QED) is 0.742. The van der Waals surface area contributed by atoms with Crippen LogP contribution in [0.15, 0.2) is 18.2 Å². The van der Waals surface area contributed by atoms with Crippen molar-refractivity contribution in [3.8, 4) is 5.75 Å². The Morgan fingerprint density at radius 3 is 2.47 bits per heavy atom. The highest BCUT2D eigenvalue weighted by Crippen LogP contribution is 2.18. The summed E-state index contributed by atoms with van der Waals surface area (Å²) in [5, 5.41) is 12.3. The van der Waals surface area contributed by atoms with Crippen molar-refractivity contribution in [2.24, 2.45) is 0 Å². The highest BCUT2D eigenvalue weighted by Gasteiger charge is 2.17. The first-order chi connectivity index (χ1) is 6.79. The molecule has 0 radical (unpaired) electrons. The number of phenols is 1. The maximum atomic E-state index is 11.8. The number of aromatic hydroxyl groups is 1. The molecular weight excluding hydrogens is 190 g/mol. The number of amides is 1. The molecular formula is C12H17NO2. The van der Waals surface area contributed by atoms with E-state index >= 15 is 0 Å². The molecule has 0 aliphatic heterocycles. The Labute approximate surface area is 90.1 Å². The van der Waals surface area contributed by atoms with Gasteiger partial charge in [0.05, 0.1) is 5.56 Å². The number of hydrogen-bond donors (Lipinski definition) is 2. The Morgan fingerprint density at radius 1 is 1.33 bits per heavy atom. The van der Waals surface area contributed by atoms with Crippen LogP contribution in [0.5, 0.6) is 5.75 Å². The van der Waals surface area contributed by atoms with Gasteiger partial charge in [-0.2, -0.15) is 0 Å². The number of nitrogens with one attached hydrogen (secondary N) is 1. The van der Waals surface area contributed by atoms with Gasteiger partial charge in [-0.3, -0.25) is 4.79 Å². The zero-order valence-electron chi connectivity index (χ0n) is 9.59. The van der Waals surface area contributed by atoms with E-state index in [9.17, 15) is 9.90 Å². The van der Waals surface area contributed by atoms with Crippen molar-refractivity contribution in [2.75, 3.05) is 0 Å². The normalized spacial score (nSPS) is 11.2. The van der Waals surface area contributed by atoms with Gasteiger partial charge in [0.15, 0.2) is 0 Å². The van der Waals surface area contributed by atoms with Gasteiger partial charge in [-0.15, -0.1) is 0 Å². The predicted octanol–water partition coefficient (Wildman–Crippen LogP) is 2.23. The lowest BCUT2D eigenvalue weighted by Crippen LogP contribution is -2.40. The summed E-state index contributed by atoms with van der Waals surface area (Å²) in [6.45, 7) is 7.58. The summed E-state index contributed by atoms with van der Waals surface area (Å²) < 4.78 is 0. The topological polar surface area (TPSA) is 49.3 Å². The van der Waals surface area contributed by atoms with Crippen molar-refractivity contribution < 1.29 is 9.90 Å². The molecule has 1 aromatic rings. The Balaban J connectivity index is 2.96. The highest BCUT2D eigenvalue weighted by atomic mass is 16.3. The second-order valence-electron chi connectivity index (χ2n) is 4.72. The minimum atomic E-state index is -0.298. The molecule has 15 heavy (non-hydrogen) atoms. The largest absolute Gasteiger partial charge is 0.507 e. The van der Waals surface area contributed by atoms with Crippen LogP contribution in [0.3, 0.4) is 0 Å². The fourth-order valence-corrected chi connectivity index (χ4v) is 1.24. The number of rotatable bonds is 1. The third kappa shape index (κ3) is 3.27. The van der Waals surface area contributed by atoms with Crippen molar-refractivity contribution in [1.29, 1.82) is 0 Å². The number of phenolic OH excluding ortho intramolecular Hbond substituents is 1. The van der Waals surface area contributed by atoms with E-state index in [1.807, 2.05) is 27.7 Å². The molecule has 0 saturated carbocycles. The predicted molar refractivity (Wildman–Crippen MR) is 60.1 cm³/mol. The summed E-state index contributed by atoms with van der Waals surface area (Å²) in [6.07, 6.45) is 0. The van der Waals surface area contributed by atoms with Crippen molar-refractivity contribution >= 4 is 5.91 Å². The second kappa shape index (κ2) is 3.93. The van der Waals surface area contributed by atoms with E-state index in [1.54, 1.807) is 12.1 Å². The summed E-state index contributed by atoms with van der Waals surface area (Å²) in [4.78, 5) is 11.8. The molecule has 0 aliphatic carbocycles. The van der Waals surface area contributed by atoms with Gasteiger partial charge in [0, 0.05) is 5.54 Å². The highest BCUT2D eigenvalue weighted by molar-refractivity contribution is 5.97. The molecule has 82 valence electrons. The van der Waals surface area contributed by atoms with Crippen LogP contribution in [0.4, 0.5) is 0 Å². The Morgan fingerprint density at radius 2 is 1.93 bits per heavy atom. The lowest BCUT2D eigenvalue weighted by molar-refractivity contribution is 0.0917. The van der Waals surface area contributed by atoms with E-state index in [4.69, 9.17) is 0 Å². The molecule has 0 atom stereocenters. The van der Waals surface area contributed by atoms with Crippen LogP contribution >= 0.6 is 0 Å². The lowest BCUT2D eigenvalue weighted by Gasteiger charge is -2.20. The van der Waals surface area contributed by atoms with Gasteiger partial charge in [0.1, 0.15) is 5.75 Å². The van der Waals surface area contributed by atoms with Gasteiger partial charge >= 0.3 is 0 Å². The number of benzene rings is 1. The Bertz CT molecular complexity index is 378. The molecule has 0 aromatic heterocycles. The minimum absolute atomic E-state index is 0.0161. The first-order valence-electron chi connectivity index (χ1n) is 4.92. The maximum absolute atomic E-state index is 11.8. The number of aryl methyl sites for hydroxylation is 1. The van der Waals surface area contributed by atoms with Gasteiger partial charge in [0.25, 0.3) is 5.91 Å². The third-order valence-electron chi connectivity index (χ3n) is 1.89. The van der Waals surface area contributed by atoms with Crippen LogP contribution < -0.4 is 5.32 Å². The summed E-state index contributed by atoms with van der Waals surface area (Å²) in [6, 6.07) is 4.98. The van der Waals surface area contributed by atoms with E-state index < -0.39 is 0 Å². The molecule has 0 aliphatic rings. The number of carbonyl (C=O) groups excluding carboxylic acids is 1. The molecule has 3 nitrogen and oxygen atoms in total. The van der Waals surface area contributed by atoms with E-state index in [-0.39, 0.29) is 17.2 Å². The molecule has 0 bridgehead atoms. The van der Waals surface area contributed by atoms with Crippen molar-refractivity contribution in [3.05, 3.63) is 29.3 Å². The first kappa shape index (κ1) is 11.6. The standard InChI is InChI=1S/C12H17NO2/c1-8-5-6-10(14)9(7-8)11(15)13-12(2,3)4/h5-7,14H,1-4H3,(H,13,15). The monoisotopic (exact) mass is 207 g/mol. The SMILES string of the molecule is Cc1ccc(O)c(C(=O)NC(C)(C)C)c1. The Hall–Kier alpha value is -1.51. The van der Waals surface area contributed by atoms with E-state index in [0.29, 0.717) is 5.56 Å². The molecule has 1 aromatic carbocycles. The van der Waals surface area contributed by atoms with Crippen LogP contribution in [0.1, 0.15) is 36.7 Å². The number of carbonyl (C=O) groups is 1. The van der Waals surface area contributed by atoms with Crippen LogP contribution in [-0.2, 0) is 0 Å². The average Bonchev–Trinajstić information content (AvgIpc) is 2.06. The fourth-order valence-electron chi connectivity index (χ4n) is 1.24. The van der Waals surface area contributed by atoms with Gasteiger partial charge in [-0.1, -0.05) is 11.6 Å². The second-order valence-corrected chi connectivity index (χ2v) is 4.72. The molecule has 0 saturated heterocycles. The average molecular weight is 207 g/mol. The zero-order valence-corrected chi connectivity index (χ0v) is 9.59. The van der Waals surface area contributed by atoms with Crippen molar-refractivity contribution in [2.45, 2.75) is 33.2 Å². The molecule has 0 heterocycles. The van der Waals surface area contributed by atoms with Crippen LogP contribution in [0.25, 0.3) is 0 Å². The maximum Gasteiger partial charge on any atom is 0.255 e. The van der Waals surface area contributed by atoms with Crippen molar-refractivity contribution in [3.63, 3.8) is 0 Å². The van der Waals surface area contributed by atoms with Crippen LogP contribution in [-0.4, -0.2) is 16.6 Å². The molecule has 1 rings (SSSR count). The summed E-state index contributed by atoms with van der Waals surface area (Å²) in [5.41, 5.74) is 0.976.